The fourth-order valence-electron chi connectivity index (χ4n) is 5.07. The zero-order valence-corrected chi connectivity index (χ0v) is 27.7. The minimum absolute atomic E-state index is 0. The summed E-state index contributed by atoms with van der Waals surface area (Å²) in [7, 11) is 4.38. The number of aryl methyl sites for hydroxylation is 1. The third kappa shape index (κ3) is 9.94. The smallest absolute Gasteiger partial charge is 0.411 e. The topological polar surface area (TPSA) is 93.7 Å². The lowest BCUT2D eigenvalue weighted by Crippen LogP contribution is -3.00. The van der Waals surface area contributed by atoms with E-state index >= 15 is 0 Å². The third-order valence-electron chi connectivity index (χ3n) is 7.46. The molecule has 0 aliphatic carbocycles. The lowest BCUT2D eigenvalue weighted by atomic mass is 9.99. The van der Waals surface area contributed by atoms with Gasteiger partial charge < -0.3 is 43.3 Å². The molecule has 2 N–H and O–H groups in total. The van der Waals surface area contributed by atoms with Crippen molar-refractivity contribution < 1.29 is 52.3 Å². The van der Waals surface area contributed by atoms with Crippen molar-refractivity contribution in [1.82, 2.24) is 0 Å². The number of anilines is 2. The molecule has 10 heteroatoms. The summed E-state index contributed by atoms with van der Waals surface area (Å²) in [4.78, 5) is 36.9. The Bertz CT molecular complexity index is 1410. The maximum atomic E-state index is 12.9. The molecule has 4 rings (SSSR count). The van der Waals surface area contributed by atoms with Crippen LogP contribution >= 0.6 is 11.6 Å². The Kier molecular flexibility index (Phi) is 12.8. The first-order valence-corrected chi connectivity index (χ1v) is 14.7. The highest BCUT2D eigenvalue weighted by Crippen LogP contribution is 2.32. The monoisotopic (exact) mass is 719 g/mol. The predicted molar refractivity (Wildman–Crippen MR) is 166 cm³/mol. The maximum Gasteiger partial charge on any atom is 0.411 e. The van der Waals surface area contributed by atoms with E-state index in [9.17, 15) is 14.4 Å². The largest absolute Gasteiger partial charge is 1.00 e. The number of benzene rings is 3. The Morgan fingerprint density at radius 2 is 1.72 bits per heavy atom. The third-order valence-corrected chi connectivity index (χ3v) is 7.77. The van der Waals surface area contributed by atoms with Gasteiger partial charge in [0.25, 0.3) is 0 Å². The summed E-state index contributed by atoms with van der Waals surface area (Å²) in [5, 5.41) is 6.07. The van der Waals surface area contributed by atoms with Crippen molar-refractivity contribution >= 4 is 41.3 Å². The van der Waals surface area contributed by atoms with Crippen molar-refractivity contribution in [3.05, 3.63) is 76.8 Å². The molecular weight excluding hydrogens is 681 g/mol. The first-order valence-electron chi connectivity index (χ1n) is 14.4. The highest BCUT2D eigenvalue weighted by atomic mass is 127. The summed E-state index contributed by atoms with van der Waals surface area (Å²) in [6.07, 6.45) is 3.28. The normalized spacial score (nSPS) is 14.2. The number of quaternary nitrogens is 1. The van der Waals surface area contributed by atoms with Crippen LogP contribution in [-0.2, 0) is 16.0 Å². The van der Waals surface area contributed by atoms with Gasteiger partial charge in [-0.25, -0.2) is 4.79 Å². The second-order valence-corrected chi connectivity index (χ2v) is 11.6. The number of hydrogen-bond donors (Lipinski definition) is 2. The number of piperidine rings is 1. The van der Waals surface area contributed by atoms with Gasteiger partial charge in [-0.3, -0.25) is 14.9 Å². The van der Waals surface area contributed by atoms with Crippen LogP contribution in [0.2, 0.25) is 5.02 Å². The number of carbonyl (C=O) groups is 3. The molecule has 3 aromatic carbocycles. The van der Waals surface area contributed by atoms with Crippen LogP contribution in [0.1, 0.15) is 48.5 Å². The van der Waals surface area contributed by atoms with Gasteiger partial charge in [0.1, 0.15) is 11.9 Å². The molecular formula is C33H39ClIN3O5. The van der Waals surface area contributed by atoms with E-state index in [1.807, 2.05) is 55.5 Å². The second-order valence-electron chi connectivity index (χ2n) is 11.2. The van der Waals surface area contributed by atoms with Crippen LogP contribution in [0.4, 0.5) is 16.2 Å². The highest BCUT2D eigenvalue weighted by molar-refractivity contribution is 6.34. The molecule has 3 aromatic rings. The zero-order chi connectivity index (χ0) is 30.1. The van der Waals surface area contributed by atoms with Crippen LogP contribution in [0.15, 0.2) is 60.7 Å². The van der Waals surface area contributed by atoms with Crippen LogP contribution < -0.4 is 39.3 Å². The van der Waals surface area contributed by atoms with E-state index in [1.165, 1.54) is 6.07 Å². The van der Waals surface area contributed by atoms with Crippen molar-refractivity contribution in [1.29, 1.82) is 0 Å². The predicted octanol–water partition coefficient (Wildman–Crippen LogP) is 3.97. The van der Waals surface area contributed by atoms with Crippen LogP contribution in [0.3, 0.4) is 0 Å². The SMILES string of the molecule is CCOc1cc(NC(=O)CCCc2ccc(-c3ccccc3)c(NC(=O)OC3CC[N+](C)(C)CC3)c2)c(Cl)cc1C=O.[I-]. The van der Waals surface area contributed by atoms with Gasteiger partial charge in [-0.2, -0.15) is 0 Å². The van der Waals surface area contributed by atoms with Crippen molar-refractivity contribution in [2.75, 3.05) is 44.4 Å². The summed E-state index contributed by atoms with van der Waals surface area (Å²) < 4.78 is 12.2. The highest BCUT2D eigenvalue weighted by Gasteiger charge is 2.28. The van der Waals surface area contributed by atoms with Gasteiger partial charge in [0, 0.05) is 30.9 Å². The Balaban J connectivity index is 0.00000506. The standard InChI is InChI=1S/C33H38ClN3O5.HI/c1-4-41-31-21-30(28(34)20-25(31)22-38)35-32(39)12-8-9-23-13-14-27(24-10-6-5-7-11-24)29(19-23)36-33(40)42-26-15-17-37(2,3)18-16-26;/h5-7,10-11,13-14,19-22,26H,4,8-9,12,15-18H2,1-3H3,(H-,35,36,38,39,40);1H. The summed E-state index contributed by atoms with van der Waals surface area (Å²) in [6, 6.07) is 18.9. The number of likely N-dealkylation sites (tertiary alicyclic amines) is 1. The minimum Gasteiger partial charge on any atom is -1.00 e. The number of rotatable bonds is 11. The van der Waals surface area contributed by atoms with Crippen molar-refractivity contribution in [2.45, 2.75) is 45.1 Å². The molecule has 230 valence electrons. The molecule has 1 aliphatic heterocycles. The number of aldehydes is 1. The van der Waals surface area contributed by atoms with Gasteiger partial charge in [-0.15, -0.1) is 0 Å². The number of carbonyl (C=O) groups excluding carboxylic acids is 3. The van der Waals surface area contributed by atoms with Crippen molar-refractivity contribution in [2.24, 2.45) is 0 Å². The molecule has 0 saturated carbocycles. The van der Waals surface area contributed by atoms with Crippen molar-refractivity contribution in [3.8, 4) is 16.9 Å². The fraction of sp³-hybridized carbons (Fsp3) is 0.364. The molecule has 0 atom stereocenters. The molecule has 1 aliphatic rings. The summed E-state index contributed by atoms with van der Waals surface area (Å²) >= 11 is 6.28. The number of ether oxygens (including phenoxy) is 2. The molecule has 1 saturated heterocycles. The van der Waals surface area contributed by atoms with E-state index in [1.54, 1.807) is 6.07 Å². The van der Waals surface area contributed by atoms with Crippen LogP contribution in [0, 0.1) is 0 Å². The van der Waals surface area contributed by atoms with Crippen LogP contribution in [0.25, 0.3) is 11.1 Å². The molecule has 0 unspecified atom stereocenters. The van der Waals surface area contributed by atoms with Gasteiger partial charge in [0.2, 0.25) is 5.91 Å². The van der Waals surface area contributed by atoms with E-state index in [0.29, 0.717) is 48.4 Å². The average Bonchev–Trinajstić information content (AvgIpc) is 2.96. The molecule has 0 aromatic heterocycles. The zero-order valence-electron chi connectivity index (χ0n) is 24.8. The second kappa shape index (κ2) is 16.1. The average molecular weight is 720 g/mol. The van der Waals surface area contributed by atoms with Crippen LogP contribution in [-0.4, -0.2) is 62.7 Å². The lowest BCUT2D eigenvalue weighted by molar-refractivity contribution is -0.896. The Morgan fingerprint density at radius 3 is 2.40 bits per heavy atom. The van der Waals surface area contributed by atoms with E-state index in [2.05, 4.69) is 24.7 Å². The molecule has 2 amide bonds. The first kappa shape index (κ1) is 34.3. The Labute approximate surface area is 275 Å². The lowest BCUT2D eigenvalue weighted by Gasteiger charge is -2.36. The van der Waals surface area contributed by atoms with Gasteiger partial charge >= 0.3 is 6.09 Å². The summed E-state index contributed by atoms with van der Waals surface area (Å²) in [5.41, 5.74) is 4.27. The first-order chi connectivity index (χ1) is 20.2. The molecule has 0 radical (unpaired) electrons. The Hall–Kier alpha value is -3.15. The minimum atomic E-state index is -0.454. The quantitative estimate of drug-likeness (QED) is 0.178. The number of halogens is 2. The van der Waals surface area contributed by atoms with Gasteiger partial charge in [0.15, 0.2) is 6.29 Å². The molecule has 1 fully saturated rings. The molecule has 43 heavy (non-hydrogen) atoms. The summed E-state index contributed by atoms with van der Waals surface area (Å²) in [5.74, 6) is 0.172. The van der Waals surface area contributed by atoms with Gasteiger partial charge in [-0.1, -0.05) is 54.1 Å². The van der Waals surface area contributed by atoms with E-state index < -0.39 is 6.09 Å². The molecule has 0 spiro atoms. The Morgan fingerprint density at radius 1 is 1.00 bits per heavy atom. The van der Waals surface area contributed by atoms with Crippen molar-refractivity contribution in [3.63, 3.8) is 0 Å². The summed E-state index contributed by atoms with van der Waals surface area (Å²) in [6.45, 7) is 4.14. The molecule has 0 bridgehead atoms. The maximum absolute atomic E-state index is 12.9. The van der Waals surface area contributed by atoms with E-state index in [-0.39, 0.29) is 47.4 Å². The fourth-order valence-corrected chi connectivity index (χ4v) is 5.29. The number of amides is 2. The molecule has 1 heterocycles. The number of nitrogens with zero attached hydrogens (tertiary/aromatic N) is 1. The van der Waals surface area contributed by atoms with Gasteiger partial charge in [0.05, 0.1) is 55.8 Å². The van der Waals surface area contributed by atoms with Crippen LogP contribution in [0.5, 0.6) is 5.75 Å². The number of nitrogens with one attached hydrogen (secondary N) is 2. The number of hydrogen-bond acceptors (Lipinski definition) is 5. The molecule has 8 nitrogen and oxygen atoms in total. The van der Waals surface area contributed by atoms with Gasteiger partial charge in [-0.05, 0) is 43.0 Å². The van der Waals surface area contributed by atoms with E-state index in [0.717, 1.165) is 47.1 Å². The van der Waals surface area contributed by atoms with E-state index in [4.69, 9.17) is 21.1 Å².